The van der Waals surface area contributed by atoms with Crippen molar-refractivity contribution in [3.05, 3.63) is 83.1 Å². The van der Waals surface area contributed by atoms with Crippen LogP contribution in [0.1, 0.15) is 29.8 Å². The van der Waals surface area contributed by atoms with Crippen LogP contribution in [0.25, 0.3) is 0 Å². The molecule has 146 valence electrons. The maximum atomic E-state index is 12.5. The minimum Gasteiger partial charge on any atom is -0.478 e. The van der Waals surface area contributed by atoms with Crippen molar-refractivity contribution < 1.29 is 14.7 Å². The van der Waals surface area contributed by atoms with E-state index in [1.807, 2.05) is 36.2 Å². The Hall–Kier alpha value is -3.85. The first-order valence-electron chi connectivity index (χ1n) is 9.07. The van der Waals surface area contributed by atoms with Gasteiger partial charge in [-0.05, 0) is 35.9 Å². The monoisotopic (exact) mass is 387 g/mol. The predicted molar refractivity (Wildman–Crippen MR) is 112 cm³/mol. The molecule has 1 amide bonds. The van der Waals surface area contributed by atoms with E-state index in [1.165, 1.54) is 23.8 Å². The SMILES string of the molecule is CN1/C(=C\C=C(/C#N)C(=O)Nc2ccccc2C(=O)O)C(C)(C)c2ccccc21. The summed E-state index contributed by atoms with van der Waals surface area (Å²) in [6.45, 7) is 4.18. The summed E-state index contributed by atoms with van der Waals surface area (Å²) in [5.41, 5.74) is 2.90. The zero-order valence-corrected chi connectivity index (χ0v) is 16.4. The van der Waals surface area contributed by atoms with Crippen LogP contribution < -0.4 is 10.2 Å². The summed E-state index contributed by atoms with van der Waals surface area (Å²) in [6, 6.07) is 16.0. The molecule has 0 atom stereocenters. The van der Waals surface area contributed by atoms with Crippen molar-refractivity contribution >= 4 is 23.3 Å². The van der Waals surface area contributed by atoms with E-state index >= 15 is 0 Å². The molecule has 2 N–H and O–H groups in total. The summed E-state index contributed by atoms with van der Waals surface area (Å²) in [4.78, 5) is 25.9. The van der Waals surface area contributed by atoms with Crippen LogP contribution >= 0.6 is 0 Å². The lowest BCUT2D eigenvalue weighted by Crippen LogP contribution is -2.23. The zero-order valence-electron chi connectivity index (χ0n) is 16.4. The number of amides is 1. The van der Waals surface area contributed by atoms with Crippen LogP contribution in [0.4, 0.5) is 11.4 Å². The number of nitrogens with zero attached hydrogens (tertiary/aromatic N) is 2. The second-order valence-electron chi connectivity index (χ2n) is 7.25. The predicted octanol–water partition coefficient (Wildman–Crippen LogP) is 4.08. The molecule has 6 heteroatoms. The molecule has 0 aromatic heterocycles. The molecule has 2 aromatic rings. The van der Waals surface area contributed by atoms with Gasteiger partial charge in [-0.25, -0.2) is 4.79 Å². The number of carbonyl (C=O) groups is 2. The fraction of sp³-hybridized carbons (Fsp3) is 0.174. The summed E-state index contributed by atoms with van der Waals surface area (Å²) in [5, 5.41) is 21.2. The second kappa shape index (κ2) is 7.64. The fourth-order valence-electron chi connectivity index (χ4n) is 3.60. The third-order valence-electron chi connectivity index (χ3n) is 5.12. The highest BCUT2D eigenvalue weighted by atomic mass is 16.4. The number of carboxylic acid groups (broad SMARTS) is 1. The van der Waals surface area contributed by atoms with Gasteiger partial charge in [0.05, 0.1) is 11.3 Å². The molecule has 29 heavy (non-hydrogen) atoms. The molecular formula is C23H21N3O3. The minimum atomic E-state index is -1.16. The number of benzene rings is 2. The van der Waals surface area contributed by atoms with Crippen molar-refractivity contribution in [1.29, 1.82) is 5.26 Å². The van der Waals surface area contributed by atoms with Crippen LogP contribution in [-0.2, 0) is 10.2 Å². The van der Waals surface area contributed by atoms with Crippen molar-refractivity contribution in [3.63, 3.8) is 0 Å². The Kier molecular flexibility index (Phi) is 5.24. The van der Waals surface area contributed by atoms with E-state index in [0.29, 0.717) is 0 Å². The average molecular weight is 387 g/mol. The topological polar surface area (TPSA) is 93.4 Å². The maximum absolute atomic E-state index is 12.5. The lowest BCUT2D eigenvalue weighted by atomic mass is 9.83. The molecule has 2 aromatic carbocycles. The normalized spacial score (nSPS) is 16.3. The van der Waals surface area contributed by atoms with Crippen molar-refractivity contribution in [2.45, 2.75) is 19.3 Å². The number of para-hydroxylation sites is 2. The number of likely N-dealkylation sites (N-methyl/N-ethyl adjacent to an activating group) is 1. The fourth-order valence-corrected chi connectivity index (χ4v) is 3.60. The number of carboxylic acids is 1. The molecule has 0 saturated heterocycles. The van der Waals surface area contributed by atoms with E-state index in [-0.39, 0.29) is 22.2 Å². The van der Waals surface area contributed by atoms with Gasteiger partial charge >= 0.3 is 5.97 Å². The van der Waals surface area contributed by atoms with Crippen molar-refractivity contribution in [3.8, 4) is 6.07 Å². The van der Waals surface area contributed by atoms with Gasteiger partial charge in [0.2, 0.25) is 0 Å². The Morgan fingerprint density at radius 2 is 1.79 bits per heavy atom. The van der Waals surface area contributed by atoms with Crippen LogP contribution in [0.2, 0.25) is 0 Å². The van der Waals surface area contributed by atoms with Crippen molar-refractivity contribution in [2.75, 3.05) is 17.3 Å². The van der Waals surface area contributed by atoms with Gasteiger partial charge in [0, 0.05) is 23.8 Å². The standard InChI is InChI=1S/C23H21N3O3/c1-23(2)17-9-5-7-11-19(17)26(3)20(23)13-12-15(14-24)21(27)25-18-10-6-4-8-16(18)22(28)29/h4-13H,1-3H3,(H,25,27)(H,28,29)/b15-12+,20-13-. The maximum Gasteiger partial charge on any atom is 0.337 e. The van der Waals surface area contributed by atoms with E-state index in [2.05, 4.69) is 25.2 Å². The molecule has 0 aliphatic carbocycles. The van der Waals surface area contributed by atoms with Gasteiger partial charge in [-0.2, -0.15) is 5.26 Å². The molecular weight excluding hydrogens is 366 g/mol. The van der Waals surface area contributed by atoms with Gasteiger partial charge in [0.25, 0.3) is 5.91 Å². The number of rotatable bonds is 4. The highest BCUT2D eigenvalue weighted by Gasteiger charge is 2.37. The summed E-state index contributed by atoms with van der Waals surface area (Å²) < 4.78 is 0. The number of anilines is 2. The molecule has 3 rings (SSSR count). The summed E-state index contributed by atoms with van der Waals surface area (Å²) in [6.07, 6.45) is 3.24. The van der Waals surface area contributed by atoms with E-state index in [9.17, 15) is 20.0 Å². The number of allylic oxidation sites excluding steroid dienone is 3. The summed E-state index contributed by atoms with van der Waals surface area (Å²) in [7, 11) is 1.95. The first kappa shape index (κ1) is 19.9. The minimum absolute atomic E-state index is 0.0383. The molecule has 1 heterocycles. The highest BCUT2D eigenvalue weighted by molar-refractivity contribution is 6.09. The number of hydrogen-bond donors (Lipinski definition) is 2. The van der Waals surface area contributed by atoms with Crippen molar-refractivity contribution in [2.24, 2.45) is 0 Å². The number of carbonyl (C=O) groups excluding carboxylic acids is 1. The Morgan fingerprint density at radius 1 is 1.14 bits per heavy atom. The highest BCUT2D eigenvalue weighted by Crippen LogP contribution is 2.46. The number of fused-ring (bicyclic) bond motifs is 1. The number of aromatic carboxylic acids is 1. The Labute approximate surface area is 169 Å². The first-order chi connectivity index (χ1) is 13.8. The van der Waals surface area contributed by atoms with Crippen LogP contribution in [0.5, 0.6) is 0 Å². The first-order valence-corrected chi connectivity index (χ1v) is 9.07. The largest absolute Gasteiger partial charge is 0.478 e. The Balaban J connectivity index is 1.91. The van der Waals surface area contributed by atoms with Crippen LogP contribution in [0.3, 0.4) is 0 Å². The summed E-state index contributed by atoms with van der Waals surface area (Å²) >= 11 is 0. The van der Waals surface area contributed by atoms with E-state index in [1.54, 1.807) is 18.2 Å². The molecule has 0 fully saturated rings. The third kappa shape index (κ3) is 3.63. The van der Waals surface area contributed by atoms with Gasteiger partial charge in [0.15, 0.2) is 0 Å². The van der Waals surface area contributed by atoms with Crippen LogP contribution in [-0.4, -0.2) is 24.0 Å². The molecule has 1 aliphatic rings. The molecule has 0 radical (unpaired) electrons. The van der Waals surface area contributed by atoms with E-state index in [4.69, 9.17) is 0 Å². The lowest BCUT2D eigenvalue weighted by molar-refractivity contribution is -0.112. The molecule has 6 nitrogen and oxygen atoms in total. The van der Waals surface area contributed by atoms with Gasteiger partial charge in [0.1, 0.15) is 11.6 Å². The lowest BCUT2D eigenvalue weighted by Gasteiger charge is -2.23. The molecule has 1 aliphatic heterocycles. The van der Waals surface area contributed by atoms with E-state index < -0.39 is 11.9 Å². The quantitative estimate of drug-likeness (QED) is 0.609. The number of hydrogen-bond acceptors (Lipinski definition) is 4. The van der Waals surface area contributed by atoms with Gasteiger partial charge in [-0.15, -0.1) is 0 Å². The van der Waals surface area contributed by atoms with Crippen molar-refractivity contribution in [1.82, 2.24) is 0 Å². The van der Waals surface area contributed by atoms with E-state index in [0.717, 1.165) is 11.4 Å². The van der Waals surface area contributed by atoms with Crippen LogP contribution in [0.15, 0.2) is 72.0 Å². The molecule has 0 saturated carbocycles. The third-order valence-corrected chi connectivity index (χ3v) is 5.12. The number of nitriles is 1. The molecule has 0 unspecified atom stereocenters. The smallest absolute Gasteiger partial charge is 0.337 e. The van der Waals surface area contributed by atoms with Gasteiger partial charge in [-0.1, -0.05) is 44.2 Å². The molecule has 0 bridgehead atoms. The second-order valence-corrected chi connectivity index (χ2v) is 7.25. The van der Waals surface area contributed by atoms with Crippen LogP contribution in [0, 0.1) is 11.3 Å². The Morgan fingerprint density at radius 3 is 2.45 bits per heavy atom. The average Bonchev–Trinajstić information content (AvgIpc) is 2.89. The number of nitrogens with one attached hydrogen (secondary N) is 1. The van der Waals surface area contributed by atoms with Gasteiger partial charge < -0.3 is 15.3 Å². The van der Waals surface area contributed by atoms with Gasteiger partial charge in [-0.3, -0.25) is 4.79 Å². The molecule has 0 spiro atoms. The zero-order chi connectivity index (χ0) is 21.2. The summed E-state index contributed by atoms with van der Waals surface area (Å²) in [5.74, 6) is -1.81. The Bertz CT molecular complexity index is 1090.